The highest BCUT2D eigenvalue weighted by Crippen LogP contribution is 2.21. The number of primary amides is 1. The molecule has 78 valence electrons. The van der Waals surface area contributed by atoms with Crippen molar-refractivity contribution in [2.75, 3.05) is 11.4 Å². The van der Waals surface area contributed by atoms with E-state index in [4.69, 9.17) is 5.73 Å². The largest absolute Gasteiger partial charge is 0.366 e. The molecule has 1 heterocycles. The van der Waals surface area contributed by atoms with Crippen LogP contribution in [-0.4, -0.2) is 18.4 Å². The normalized spacial score (nSPS) is 15.7. The Morgan fingerprint density at radius 1 is 1.27 bits per heavy atom. The van der Waals surface area contributed by atoms with E-state index in [1.54, 1.807) is 29.2 Å². The van der Waals surface area contributed by atoms with E-state index in [2.05, 4.69) is 0 Å². The lowest BCUT2D eigenvalue weighted by Gasteiger charge is -2.15. The van der Waals surface area contributed by atoms with Gasteiger partial charge >= 0.3 is 0 Å². The maximum Gasteiger partial charge on any atom is 0.248 e. The molecular formula is C11H12N2O2. The first-order chi connectivity index (χ1) is 7.18. The van der Waals surface area contributed by atoms with Gasteiger partial charge in [-0.05, 0) is 30.7 Å². The van der Waals surface area contributed by atoms with Gasteiger partial charge in [0.1, 0.15) is 0 Å². The van der Waals surface area contributed by atoms with Crippen molar-refractivity contribution in [2.24, 2.45) is 5.73 Å². The predicted octanol–water partition coefficient (Wildman–Crippen LogP) is 0.912. The Kier molecular flexibility index (Phi) is 2.41. The van der Waals surface area contributed by atoms with E-state index in [9.17, 15) is 9.59 Å². The van der Waals surface area contributed by atoms with E-state index >= 15 is 0 Å². The van der Waals surface area contributed by atoms with Gasteiger partial charge in [0.15, 0.2) is 0 Å². The van der Waals surface area contributed by atoms with Gasteiger partial charge in [-0.15, -0.1) is 0 Å². The van der Waals surface area contributed by atoms with Crippen molar-refractivity contribution in [3.05, 3.63) is 29.8 Å². The Hall–Kier alpha value is -1.84. The maximum atomic E-state index is 11.4. The van der Waals surface area contributed by atoms with Crippen LogP contribution in [0, 0.1) is 0 Å². The molecule has 2 rings (SSSR count). The van der Waals surface area contributed by atoms with Gasteiger partial charge in [-0.2, -0.15) is 0 Å². The van der Waals surface area contributed by atoms with E-state index in [1.165, 1.54) is 0 Å². The first kappa shape index (κ1) is 9.71. The number of nitrogens with two attached hydrogens (primary N) is 1. The van der Waals surface area contributed by atoms with Crippen molar-refractivity contribution < 1.29 is 9.59 Å². The highest BCUT2D eigenvalue weighted by Gasteiger charge is 2.21. The molecule has 4 nitrogen and oxygen atoms in total. The van der Waals surface area contributed by atoms with E-state index in [0.29, 0.717) is 12.0 Å². The van der Waals surface area contributed by atoms with Crippen LogP contribution in [0.25, 0.3) is 0 Å². The zero-order chi connectivity index (χ0) is 10.8. The summed E-state index contributed by atoms with van der Waals surface area (Å²) < 4.78 is 0. The third-order valence-corrected chi connectivity index (χ3v) is 2.54. The van der Waals surface area contributed by atoms with Gasteiger partial charge in [-0.3, -0.25) is 9.59 Å². The molecule has 1 aromatic rings. The summed E-state index contributed by atoms with van der Waals surface area (Å²) in [5, 5.41) is 0. The Labute approximate surface area is 87.7 Å². The summed E-state index contributed by atoms with van der Waals surface area (Å²) in [6.07, 6.45) is 1.51. The monoisotopic (exact) mass is 204 g/mol. The minimum atomic E-state index is -0.450. The quantitative estimate of drug-likeness (QED) is 0.778. The molecule has 15 heavy (non-hydrogen) atoms. The van der Waals surface area contributed by atoms with Crippen molar-refractivity contribution >= 4 is 17.5 Å². The molecule has 2 N–H and O–H groups in total. The van der Waals surface area contributed by atoms with Crippen LogP contribution in [0.15, 0.2) is 24.3 Å². The van der Waals surface area contributed by atoms with E-state index in [-0.39, 0.29) is 5.91 Å². The molecule has 0 aliphatic carbocycles. The maximum absolute atomic E-state index is 11.4. The van der Waals surface area contributed by atoms with Crippen molar-refractivity contribution in [1.29, 1.82) is 0 Å². The Balaban J connectivity index is 2.23. The number of benzene rings is 1. The molecule has 4 heteroatoms. The Morgan fingerprint density at radius 2 is 1.93 bits per heavy atom. The second-order valence-electron chi connectivity index (χ2n) is 3.56. The molecule has 1 aromatic carbocycles. The molecule has 1 aliphatic heterocycles. The van der Waals surface area contributed by atoms with Gasteiger partial charge in [0.25, 0.3) is 0 Å². The lowest BCUT2D eigenvalue weighted by molar-refractivity contribution is -0.117. The Bertz CT molecular complexity index is 398. The van der Waals surface area contributed by atoms with Crippen molar-refractivity contribution in [3.8, 4) is 0 Å². The number of amides is 2. The summed E-state index contributed by atoms with van der Waals surface area (Å²) in [4.78, 5) is 24.0. The molecule has 1 saturated heterocycles. The van der Waals surface area contributed by atoms with Crippen molar-refractivity contribution in [1.82, 2.24) is 0 Å². The van der Waals surface area contributed by atoms with Crippen LogP contribution in [0.2, 0.25) is 0 Å². The smallest absolute Gasteiger partial charge is 0.248 e. The van der Waals surface area contributed by atoms with Gasteiger partial charge in [-0.25, -0.2) is 0 Å². The van der Waals surface area contributed by atoms with Gasteiger partial charge in [0, 0.05) is 24.2 Å². The highest BCUT2D eigenvalue weighted by molar-refractivity contribution is 5.97. The minimum Gasteiger partial charge on any atom is -0.366 e. The fourth-order valence-corrected chi connectivity index (χ4v) is 1.73. The summed E-state index contributed by atoms with van der Waals surface area (Å²) >= 11 is 0. The Morgan fingerprint density at radius 3 is 2.40 bits per heavy atom. The van der Waals surface area contributed by atoms with Crippen molar-refractivity contribution in [2.45, 2.75) is 12.8 Å². The SMILES string of the molecule is NC(=O)c1ccc(N2CCCC2=O)cc1. The molecule has 1 aliphatic rings. The van der Waals surface area contributed by atoms with Crippen LogP contribution >= 0.6 is 0 Å². The second-order valence-corrected chi connectivity index (χ2v) is 3.56. The average molecular weight is 204 g/mol. The van der Waals surface area contributed by atoms with Gasteiger partial charge in [-0.1, -0.05) is 0 Å². The van der Waals surface area contributed by atoms with Crippen LogP contribution in [-0.2, 0) is 4.79 Å². The summed E-state index contributed by atoms with van der Waals surface area (Å²) in [6.45, 7) is 0.759. The summed E-state index contributed by atoms with van der Waals surface area (Å²) in [5.74, 6) is -0.309. The molecule has 2 amide bonds. The zero-order valence-corrected chi connectivity index (χ0v) is 8.27. The molecule has 0 spiro atoms. The number of carbonyl (C=O) groups excluding carboxylic acids is 2. The molecule has 0 aromatic heterocycles. The van der Waals surface area contributed by atoms with Gasteiger partial charge in [0.05, 0.1) is 0 Å². The first-order valence-corrected chi connectivity index (χ1v) is 4.89. The minimum absolute atomic E-state index is 0.141. The molecule has 0 unspecified atom stereocenters. The summed E-state index contributed by atoms with van der Waals surface area (Å²) in [7, 11) is 0. The van der Waals surface area contributed by atoms with Crippen LogP contribution in [0.4, 0.5) is 5.69 Å². The van der Waals surface area contributed by atoms with E-state index in [1.807, 2.05) is 0 Å². The van der Waals surface area contributed by atoms with Crippen LogP contribution in [0.5, 0.6) is 0 Å². The third-order valence-electron chi connectivity index (χ3n) is 2.54. The lowest BCUT2D eigenvalue weighted by atomic mass is 10.2. The highest BCUT2D eigenvalue weighted by atomic mass is 16.2. The van der Waals surface area contributed by atoms with Crippen LogP contribution in [0.3, 0.4) is 0 Å². The topological polar surface area (TPSA) is 63.4 Å². The number of anilines is 1. The van der Waals surface area contributed by atoms with Gasteiger partial charge < -0.3 is 10.6 Å². The molecule has 0 radical (unpaired) electrons. The van der Waals surface area contributed by atoms with E-state index in [0.717, 1.165) is 18.7 Å². The van der Waals surface area contributed by atoms with E-state index < -0.39 is 5.91 Å². The number of hydrogen-bond acceptors (Lipinski definition) is 2. The molecule has 1 fully saturated rings. The fourth-order valence-electron chi connectivity index (χ4n) is 1.73. The molecular weight excluding hydrogens is 192 g/mol. The molecule has 0 saturated carbocycles. The summed E-state index contributed by atoms with van der Waals surface area (Å²) in [5.41, 5.74) is 6.42. The number of hydrogen-bond donors (Lipinski definition) is 1. The molecule has 0 atom stereocenters. The number of carbonyl (C=O) groups is 2. The molecule has 0 bridgehead atoms. The number of rotatable bonds is 2. The summed E-state index contributed by atoms with van der Waals surface area (Å²) in [6, 6.07) is 6.79. The zero-order valence-electron chi connectivity index (χ0n) is 8.27. The lowest BCUT2D eigenvalue weighted by Crippen LogP contribution is -2.23. The average Bonchev–Trinajstić information content (AvgIpc) is 2.65. The van der Waals surface area contributed by atoms with Crippen LogP contribution in [0.1, 0.15) is 23.2 Å². The number of nitrogens with zero attached hydrogens (tertiary/aromatic N) is 1. The standard InChI is InChI=1S/C11H12N2O2/c12-11(15)8-3-5-9(6-4-8)13-7-1-2-10(13)14/h3-6H,1-2,7H2,(H2,12,15). The fraction of sp³-hybridized carbons (Fsp3) is 0.273. The third kappa shape index (κ3) is 1.83. The second kappa shape index (κ2) is 3.73. The van der Waals surface area contributed by atoms with Gasteiger partial charge in [0.2, 0.25) is 11.8 Å². The van der Waals surface area contributed by atoms with Crippen LogP contribution < -0.4 is 10.6 Å². The van der Waals surface area contributed by atoms with Crippen molar-refractivity contribution in [3.63, 3.8) is 0 Å². The first-order valence-electron chi connectivity index (χ1n) is 4.89. The predicted molar refractivity (Wildman–Crippen MR) is 56.5 cm³/mol.